The van der Waals surface area contributed by atoms with Gasteiger partial charge in [-0.3, -0.25) is 9.59 Å². The maximum Gasteiger partial charge on any atom is 0.222 e. The van der Waals surface area contributed by atoms with Crippen LogP contribution in [0, 0.1) is 34.5 Å². The quantitative estimate of drug-likeness (QED) is 0.583. The van der Waals surface area contributed by atoms with Gasteiger partial charge in [-0.05, 0) is 73.0 Å². The molecule has 0 aromatic rings. The maximum absolute atomic E-state index is 12.1. The molecule has 3 nitrogen and oxygen atoms in total. The van der Waals surface area contributed by atoms with Crippen LogP contribution in [-0.2, 0) is 9.59 Å². The molecule has 0 unspecified atom stereocenters. The van der Waals surface area contributed by atoms with Gasteiger partial charge in [0.05, 0.1) is 0 Å². The number of carbonyl (C=O) groups excluding carboxylic acids is 2. The lowest BCUT2D eigenvalue weighted by Crippen LogP contribution is -2.50. The third-order valence-electron chi connectivity index (χ3n) is 9.40. The summed E-state index contributed by atoms with van der Waals surface area (Å²) < 4.78 is 0. The summed E-state index contributed by atoms with van der Waals surface area (Å²) >= 11 is 0. The highest BCUT2D eigenvalue weighted by Crippen LogP contribution is 2.65. The minimum atomic E-state index is 0.241. The molecule has 0 aromatic carbocycles. The zero-order valence-electron chi connectivity index (χ0n) is 19.1. The minimum absolute atomic E-state index is 0.241. The molecular formula is C26H39NO2. The largest absolute Gasteiger partial charge is 0.349 e. The Hall–Kier alpha value is -1.38. The van der Waals surface area contributed by atoms with Crippen LogP contribution in [0.3, 0.4) is 0 Å². The fraction of sp³-hybridized carbons (Fsp3) is 0.769. The Kier molecular flexibility index (Phi) is 5.32. The predicted molar refractivity (Wildman–Crippen MR) is 117 cm³/mol. The monoisotopic (exact) mass is 397 g/mol. The van der Waals surface area contributed by atoms with Gasteiger partial charge in [-0.1, -0.05) is 44.1 Å². The second-order valence-electron chi connectivity index (χ2n) is 11.1. The molecule has 3 heteroatoms. The fourth-order valence-corrected chi connectivity index (χ4v) is 7.56. The highest BCUT2D eigenvalue weighted by molar-refractivity contribution is 5.82. The van der Waals surface area contributed by atoms with Crippen molar-refractivity contribution in [3.05, 3.63) is 23.3 Å². The molecule has 4 rings (SSSR count). The lowest BCUT2D eigenvalue weighted by atomic mass is 9.47. The molecule has 2 saturated carbocycles. The van der Waals surface area contributed by atoms with Crippen molar-refractivity contribution < 1.29 is 9.59 Å². The number of fused-ring (bicyclic) bond motifs is 5. The van der Waals surface area contributed by atoms with Crippen molar-refractivity contribution >= 4 is 11.7 Å². The van der Waals surface area contributed by atoms with Crippen molar-refractivity contribution in [3.63, 3.8) is 0 Å². The second kappa shape index (κ2) is 7.39. The summed E-state index contributed by atoms with van der Waals surface area (Å²) in [5.74, 6) is 3.40. The topological polar surface area (TPSA) is 37.4 Å². The number of hydrogen-bond acceptors (Lipinski definition) is 2. The van der Waals surface area contributed by atoms with Gasteiger partial charge in [-0.25, -0.2) is 0 Å². The van der Waals surface area contributed by atoms with Crippen LogP contribution in [0.1, 0.15) is 78.6 Å². The van der Waals surface area contributed by atoms with Crippen LogP contribution in [0.25, 0.3) is 0 Å². The van der Waals surface area contributed by atoms with E-state index in [1.807, 2.05) is 14.1 Å². The van der Waals surface area contributed by atoms with Crippen LogP contribution in [0.4, 0.5) is 0 Å². The van der Waals surface area contributed by atoms with Gasteiger partial charge in [0.1, 0.15) is 5.78 Å². The number of Topliss-reactive ketones (excluding diaryl/α,β-unsaturated/α-hetero) is 1. The lowest BCUT2D eigenvalue weighted by Gasteiger charge is -2.57. The van der Waals surface area contributed by atoms with Crippen LogP contribution in [0.5, 0.6) is 0 Å². The molecule has 0 bridgehead atoms. The summed E-state index contributed by atoms with van der Waals surface area (Å²) in [6.07, 6.45) is 14.1. The van der Waals surface area contributed by atoms with E-state index >= 15 is 0 Å². The van der Waals surface area contributed by atoms with E-state index in [1.165, 1.54) is 24.8 Å². The number of allylic oxidation sites excluding steroid dienone is 4. The Morgan fingerprint density at radius 3 is 2.62 bits per heavy atom. The normalized spacial score (nSPS) is 39.6. The number of amides is 1. The van der Waals surface area contributed by atoms with Gasteiger partial charge in [0.25, 0.3) is 0 Å². The van der Waals surface area contributed by atoms with Crippen molar-refractivity contribution in [3.8, 4) is 0 Å². The first-order valence-electron chi connectivity index (χ1n) is 11.8. The Morgan fingerprint density at radius 2 is 1.90 bits per heavy atom. The highest BCUT2D eigenvalue weighted by atomic mass is 16.2. The van der Waals surface area contributed by atoms with E-state index < -0.39 is 0 Å². The van der Waals surface area contributed by atoms with Crippen LogP contribution in [0.2, 0.25) is 0 Å². The minimum Gasteiger partial charge on any atom is -0.349 e. The molecule has 29 heavy (non-hydrogen) atoms. The third-order valence-corrected chi connectivity index (χ3v) is 9.40. The molecule has 0 saturated heterocycles. The second-order valence-corrected chi connectivity index (χ2v) is 11.1. The number of ketones is 1. The summed E-state index contributed by atoms with van der Waals surface area (Å²) in [5, 5.41) is 0. The molecule has 0 spiro atoms. The van der Waals surface area contributed by atoms with Gasteiger partial charge >= 0.3 is 0 Å². The first kappa shape index (κ1) is 20.9. The summed E-state index contributed by atoms with van der Waals surface area (Å²) in [6.45, 7) is 7.31. The Labute approximate surface area is 177 Å². The number of rotatable bonds is 4. The highest BCUT2D eigenvalue weighted by Gasteiger charge is 2.56. The van der Waals surface area contributed by atoms with Crippen molar-refractivity contribution in [1.82, 2.24) is 4.90 Å². The van der Waals surface area contributed by atoms with Gasteiger partial charge < -0.3 is 4.90 Å². The molecule has 0 N–H and O–H groups in total. The molecule has 0 aliphatic heterocycles. The average molecular weight is 398 g/mol. The Bertz CT molecular complexity index is 763. The molecule has 0 heterocycles. The standard InChI is InChI=1S/C26H39NO2/c1-17(6-11-24(29)27(4)5)21-9-10-22-20-8-7-18-16-19(28)12-14-25(18,2)23(20)13-15-26(21,22)3/h7,9,17,20,22-23H,6,8,10-16H2,1-5H3/t17-,20+,22+,23+,25+,26-/m1/s1. The number of hydrogen-bond donors (Lipinski definition) is 0. The van der Waals surface area contributed by atoms with Crippen LogP contribution in [-0.4, -0.2) is 30.7 Å². The van der Waals surface area contributed by atoms with Gasteiger partial charge in [-0.15, -0.1) is 0 Å². The first-order chi connectivity index (χ1) is 13.7. The van der Waals surface area contributed by atoms with Crippen molar-refractivity contribution in [2.75, 3.05) is 14.1 Å². The smallest absolute Gasteiger partial charge is 0.222 e. The summed E-state index contributed by atoms with van der Waals surface area (Å²) in [4.78, 5) is 25.8. The molecule has 6 atom stereocenters. The zero-order chi connectivity index (χ0) is 21.0. The summed E-state index contributed by atoms with van der Waals surface area (Å²) in [7, 11) is 3.70. The first-order valence-corrected chi connectivity index (χ1v) is 11.8. The molecular weight excluding hydrogens is 358 g/mol. The van der Waals surface area contributed by atoms with E-state index in [2.05, 4.69) is 32.9 Å². The van der Waals surface area contributed by atoms with Crippen molar-refractivity contribution in [2.24, 2.45) is 34.5 Å². The summed E-state index contributed by atoms with van der Waals surface area (Å²) in [5.41, 5.74) is 3.64. The van der Waals surface area contributed by atoms with Crippen molar-refractivity contribution in [1.29, 1.82) is 0 Å². The number of nitrogens with zero attached hydrogens (tertiary/aromatic N) is 1. The van der Waals surface area contributed by atoms with Crippen LogP contribution >= 0.6 is 0 Å². The van der Waals surface area contributed by atoms with E-state index in [1.54, 1.807) is 10.5 Å². The fourth-order valence-electron chi connectivity index (χ4n) is 7.56. The Morgan fingerprint density at radius 1 is 1.14 bits per heavy atom. The molecule has 0 aromatic heterocycles. The SMILES string of the molecule is C[C@H](CCC(=O)N(C)C)C1=CC[C@H]2[C@@H]3CC=C4CC(=O)CC[C@]4(C)[C@H]3CC[C@]12C. The van der Waals surface area contributed by atoms with E-state index in [0.717, 1.165) is 43.4 Å². The molecule has 1 amide bonds. The predicted octanol–water partition coefficient (Wildman–Crippen LogP) is 5.56. The average Bonchev–Trinajstić information content (AvgIpc) is 3.03. The maximum atomic E-state index is 12.1. The van der Waals surface area contributed by atoms with Gasteiger partial charge in [0, 0.05) is 33.4 Å². The zero-order valence-corrected chi connectivity index (χ0v) is 19.1. The molecule has 160 valence electrons. The Balaban J connectivity index is 1.51. The lowest BCUT2D eigenvalue weighted by molar-refractivity contribution is -0.129. The van der Waals surface area contributed by atoms with E-state index in [9.17, 15) is 9.59 Å². The van der Waals surface area contributed by atoms with Gasteiger partial charge in [0.2, 0.25) is 5.91 Å². The molecule has 4 aliphatic carbocycles. The van der Waals surface area contributed by atoms with E-state index in [4.69, 9.17) is 0 Å². The van der Waals surface area contributed by atoms with E-state index in [-0.39, 0.29) is 11.3 Å². The third kappa shape index (κ3) is 3.33. The molecule has 0 radical (unpaired) electrons. The number of carbonyl (C=O) groups is 2. The molecule has 4 aliphatic rings. The van der Waals surface area contributed by atoms with Crippen molar-refractivity contribution in [2.45, 2.75) is 78.6 Å². The molecule has 2 fully saturated rings. The van der Waals surface area contributed by atoms with E-state index in [0.29, 0.717) is 30.0 Å². The van der Waals surface area contributed by atoms with Gasteiger partial charge in [-0.2, -0.15) is 0 Å². The summed E-state index contributed by atoms with van der Waals surface area (Å²) in [6, 6.07) is 0. The van der Waals surface area contributed by atoms with Crippen LogP contribution < -0.4 is 0 Å². The van der Waals surface area contributed by atoms with Crippen LogP contribution in [0.15, 0.2) is 23.3 Å². The van der Waals surface area contributed by atoms with Gasteiger partial charge in [0.15, 0.2) is 0 Å².